The Balaban J connectivity index is 1.52. The van der Waals surface area contributed by atoms with E-state index in [4.69, 9.17) is 16.3 Å². The van der Waals surface area contributed by atoms with Crippen LogP contribution in [-0.2, 0) is 4.74 Å². The van der Waals surface area contributed by atoms with Crippen LogP contribution in [0.4, 0.5) is 0 Å². The van der Waals surface area contributed by atoms with Crippen LogP contribution in [0.5, 0.6) is 0 Å². The standard InChI is InChI=1S/C17H22ClN5O2/c1-13-20-16(21-23(13)15-5-3-14(18)4-6-15)17(24)19-7-2-8-22-9-11-25-12-10-22/h3-6H,2,7-12H2,1H3,(H,19,24). The number of amides is 1. The first-order valence-electron chi connectivity index (χ1n) is 8.41. The summed E-state index contributed by atoms with van der Waals surface area (Å²) in [7, 11) is 0. The van der Waals surface area contributed by atoms with E-state index in [1.807, 2.05) is 19.1 Å². The number of nitrogens with one attached hydrogen (secondary N) is 1. The molecule has 0 aliphatic carbocycles. The van der Waals surface area contributed by atoms with Gasteiger partial charge in [0.05, 0.1) is 18.9 Å². The van der Waals surface area contributed by atoms with Crippen molar-refractivity contribution >= 4 is 17.5 Å². The molecule has 8 heteroatoms. The van der Waals surface area contributed by atoms with Gasteiger partial charge in [-0.15, -0.1) is 5.10 Å². The lowest BCUT2D eigenvalue weighted by molar-refractivity contribution is 0.0374. The molecule has 1 saturated heterocycles. The van der Waals surface area contributed by atoms with Crippen LogP contribution in [0.25, 0.3) is 5.69 Å². The van der Waals surface area contributed by atoms with Crippen LogP contribution in [0.3, 0.4) is 0 Å². The zero-order chi connectivity index (χ0) is 17.6. The molecule has 1 fully saturated rings. The molecule has 0 saturated carbocycles. The highest BCUT2D eigenvalue weighted by Gasteiger charge is 2.15. The average molecular weight is 364 g/mol. The van der Waals surface area contributed by atoms with Gasteiger partial charge in [0, 0.05) is 24.7 Å². The minimum atomic E-state index is -0.252. The van der Waals surface area contributed by atoms with E-state index in [0.29, 0.717) is 17.4 Å². The summed E-state index contributed by atoms with van der Waals surface area (Å²) in [5.41, 5.74) is 0.820. The molecule has 7 nitrogen and oxygen atoms in total. The number of aryl methyl sites for hydroxylation is 1. The van der Waals surface area contributed by atoms with Crippen molar-refractivity contribution in [2.24, 2.45) is 0 Å². The third-order valence-electron chi connectivity index (χ3n) is 4.08. The van der Waals surface area contributed by atoms with Crippen molar-refractivity contribution in [3.63, 3.8) is 0 Å². The number of aromatic nitrogens is 3. The highest BCUT2D eigenvalue weighted by molar-refractivity contribution is 6.30. The fourth-order valence-electron chi connectivity index (χ4n) is 2.72. The number of carbonyl (C=O) groups excluding carboxylic acids is 1. The van der Waals surface area contributed by atoms with Crippen molar-refractivity contribution in [3.05, 3.63) is 40.9 Å². The van der Waals surface area contributed by atoms with Crippen molar-refractivity contribution in [2.45, 2.75) is 13.3 Å². The van der Waals surface area contributed by atoms with Crippen LogP contribution in [0, 0.1) is 6.92 Å². The highest BCUT2D eigenvalue weighted by Crippen LogP contribution is 2.14. The van der Waals surface area contributed by atoms with Gasteiger partial charge in [0.1, 0.15) is 5.82 Å². The van der Waals surface area contributed by atoms with Crippen LogP contribution < -0.4 is 5.32 Å². The predicted molar refractivity (Wildman–Crippen MR) is 95.3 cm³/mol. The number of hydrogen-bond acceptors (Lipinski definition) is 5. The third kappa shape index (κ3) is 4.78. The van der Waals surface area contributed by atoms with Crippen molar-refractivity contribution in [1.82, 2.24) is 25.0 Å². The molecule has 0 spiro atoms. The molecule has 25 heavy (non-hydrogen) atoms. The minimum Gasteiger partial charge on any atom is -0.379 e. The summed E-state index contributed by atoms with van der Waals surface area (Å²) >= 11 is 5.90. The van der Waals surface area contributed by atoms with Gasteiger partial charge < -0.3 is 10.1 Å². The molecule has 0 radical (unpaired) electrons. The lowest BCUT2D eigenvalue weighted by Gasteiger charge is -2.26. The molecule has 2 heterocycles. The van der Waals surface area contributed by atoms with E-state index < -0.39 is 0 Å². The Morgan fingerprint density at radius 2 is 2.00 bits per heavy atom. The van der Waals surface area contributed by atoms with Gasteiger partial charge in [0.15, 0.2) is 0 Å². The number of carbonyl (C=O) groups is 1. The molecular formula is C17H22ClN5O2. The van der Waals surface area contributed by atoms with E-state index in [9.17, 15) is 4.79 Å². The van der Waals surface area contributed by atoms with Gasteiger partial charge in [0.2, 0.25) is 5.82 Å². The SMILES string of the molecule is Cc1nc(C(=O)NCCCN2CCOCC2)nn1-c1ccc(Cl)cc1. The Hall–Kier alpha value is -1.96. The van der Waals surface area contributed by atoms with Gasteiger partial charge >= 0.3 is 0 Å². The lowest BCUT2D eigenvalue weighted by Crippen LogP contribution is -2.38. The van der Waals surface area contributed by atoms with Gasteiger partial charge in [-0.2, -0.15) is 0 Å². The second-order valence-electron chi connectivity index (χ2n) is 5.93. The zero-order valence-corrected chi connectivity index (χ0v) is 15.0. The van der Waals surface area contributed by atoms with Crippen molar-refractivity contribution in [3.8, 4) is 5.69 Å². The maximum absolute atomic E-state index is 12.2. The van der Waals surface area contributed by atoms with Crippen LogP contribution >= 0.6 is 11.6 Å². The Kier molecular flexibility index (Phi) is 6.01. The van der Waals surface area contributed by atoms with Gasteiger partial charge in [-0.3, -0.25) is 9.69 Å². The van der Waals surface area contributed by atoms with Crippen molar-refractivity contribution in [1.29, 1.82) is 0 Å². The number of benzene rings is 1. The monoisotopic (exact) mass is 363 g/mol. The van der Waals surface area contributed by atoms with Crippen molar-refractivity contribution in [2.75, 3.05) is 39.4 Å². The first-order chi connectivity index (χ1) is 12.1. The molecule has 3 rings (SSSR count). The summed E-state index contributed by atoms with van der Waals surface area (Å²) in [6.07, 6.45) is 0.891. The summed E-state index contributed by atoms with van der Waals surface area (Å²) in [4.78, 5) is 18.8. The van der Waals surface area contributed by atoms with Crippen molar-refractivity contribution < 1.29 is 9.53 Å². The normalized spacial score (nSPS) is 15.3. The van der Waals surface area contributed by atoms with E-state index in [1.54, 1.807) is 16.8 Å². The van der Waals surface area contributed by atoms with E-state index in [0.717, 1.165) is 45.0 Å². The molecule has 1 N–H and O–H groups in total. The number of ether oxygens (including phenoxy) is 1. The topological polar surface area (TPSA) is 72.3 Å². The van der Waals surface area contributed by atoms with E-state index in [1.165, 1.54) is 0 Å². The maximum atomic E-state index is 12.2. The quantitative estimate of drug-likeness (QED) is 0.790. The predicted octanol–water partition coefficient (Wildman–Crippen LogP) is 1.68. The zero-order valence-electron chi connectivity index (χ0n) is 14.2. The fraction of sp³-hybridized carbons (Fsp3) is 0.471. The number of hydrogen-bond donors (Lipinski definition) is 1. The molecular weight excluding hydrogens is 342 g/mol. The molecule has 1 aromatic heterocycles. The van der Waals surface area contributed by atoms with Gasteiger partial charge in [-0.05, 0) is 44.2 Å². The lowest BCUT2D eigenvalue weighted by atomic mass is 10.3. The Morgan fingerprint density at radius 1 is 1.28 bits per heavy atom. The number of rotatable bonds is 6. The number of nitrogens with zero attached hydrogens (tertiary/aromatic N) is 4. The number of morpholine rings is 1. The largest absolute Gasteiger partial charge is 0.379 e. The minimum absolute atomic E-state index is 0.179. The Labute approximate surface area is 151 Å². The van der Waals surface area contributed by atoms with Crippen LogP contribution in [-0.4, -0.2) is 65.0 Å². The van der Waals surface area contributed by atoms with Gasteiger partial charge in [0.25, 0.3) is 5.91 Å². The highest BCUT2D eigenvalue weighted by atomic mass is 35.5. The summed E-state index contributed by atoms with van der Waals surface area (Å²) in [5.74, 6) is 0.581. The average Bonchev–Trinajstić information content (AvgIpc) is 3.02. The molecule has 134 valence electrons. The summed E-state index contributed by atoms with van der Waals surface area (Å²) < 4.78 is 6.96. The molecule has 1 aliphatic rings. The first kappa shape index (κ1) is 17.8. The van der Waals surface area contributed by atoms with Gasteiger partial charge in [-0.25, -0.2) is 9.67 Å². The summed E-state index contributed by atoms with van der Waals surface area (Å²) in [5, 5.41) is 7.84. The first-order valence-corrected chi connectivity index (χ1v) is 8.79. The molecule has 2 aromatic rings. The summed E-state index contributed by atoms with van der Waals surface area (Å²) in [6.45, 7) is 6.87. The molecule has 0 atom stereocenters. The number of halogens is 1. The van der Waals surface area contributed by atoms with Crippen LogP contribution in [0.2, 0.25) is 5.02 Å². The van der Waals surface area contributed by atoms with E-state index in [-0.39, 0.29) is 11.7 Å². The van der Waals surface area contributed by atoms with Crippen LogP contribution in [0.15, 0.2) is 24.3 Å². The molecule has 1 aromatic carbocycles. The summed E-state index contributed by atoms with van der Waals surface area (Å²) in [6, 6.07) is 7.24. The second-order valence-corrected chi connectivity index (χ2v) is 6.37. The third-order valence-corrected chi connectivity index (χ3v) is 4.34. The maximum Gasteiger partial charge on any atom is 0.290 e. The molecule has 1 amide bonds. The van der Waals surface area contributed by atoms with Crippen LogP contribution in [0.1, 0.15) is 22.9 Å². The smallest absolute Gasteiger partial charge is 0.290 e. The van der Waals surface area contributed by atoms with E-state index in [2.05, 4.69) is 20.3 Å². The Morgan fingerprint density at radius 3 is 2.72 bits per heavy atom. The fourth-order valence-corrected chi connectivity index (χ4v) is 2.85. The van der Waals surface area contributed by atoms with Gasteiger partial charge in [-0.1, -0.05) is 11.6 Å². The van der Waals surface area contributed by atoms with E-state index >= 15 is 0 Å². The molecule has 1 aliphatic heterocycles. The molecule has 0 bridgehead atoms. The second kappa shape index (κ2) is 8.42. The Bertz CT molecular complexity index is 710. The molecule has 0 unspecified atom stereocenters.